The number of hydrogen-bond acceptors (Lipinski definition) is 2. The number of halogens is 1. The van der Waals surface area contributed by atoms with Gasteiger partial charge < -0.3 is 10.5 Å². The Kier molecular flexibility index (Phi) is 1.80. The number of ether oxygens (including phenoxy) is 1. The molecule has 0 radical (unpaired) electrons. The van der Waals surface area contributed by atoms with Crippen LogP contribution in [0.4, 0.5) is 4.39 Å². The van der Waals surface area contributed by atoms with Gasteiger partial charge in [-0.3, -0.25) is 0 Å². The molecule has 1 aromatic rings. The topological polar surface area (TPSA) is 35.2 Å². The van der Waals surface area contributed by atoms with Crippen molar-refractivity contribution in [1.82, 2.24) is 0 Å². The molecule has 1 aliphatic carbocycles. The minimum atomic E-state index is -0.200. The van der Waals surface area contributed by atoms with Crippen LogP contribution in [0.25, 0.3) is 0 Å². The average molecular weight is 207 g/mol. The van der Waals surface area contributed by atoms with E-state index in [4.69, 9.17) is 10.5 Å². The van der Waals surface area contributed by atoms with E-state index in [1.807, 2.05) is 0 Å². The summed E-state index contributed by atoms with van der Waals surface area (Å²) in [7, 11) is 0. The van der Waals surface area contributed by atoms with Gasteiger partial charge in [-0.2, -0.15) is 0 Å². The largest absolute Gasteiger partial charge is 0.493 e. The summed E-state index contributed by atoms with van der Waals surface area (Å²) in [4.78, 5) is 0. The van der Waals surface area contributed by atoms with Crippen LogP contribution in [0, 0.1) is 5.82 Å². The summed E-state index contributed by atoms with van der Waals surface area (Å²) < 4.78 is 18.7. The molecule has 0 bridgehead atoms. The van der Waals surface area contributed by atoms with E-state index in [-0.39, 0.29) is 17.3 Å². The zero-order valence-electron chi connectivity index (χ0n) is 8.50. The molecule has 1 unspecified atom stereocenters. The second-order valence-electron chi connectivity index (χ2n) is 4.61. The molecule has 0 saturated heterocycles. The van der Waals surface area contributed by atoms with Gasteiger partial charge in [0.15, 0.2) is 0 Å². The molecule has 2 aliphatic rings. The Labute approximate surface area is 88.2 Å². The van der Waals surface area contributed by atoms with Crippen molar-refractivity contribution in [3.8, 4) is 5.75 Å². The van der Waals surface area contributed by atoms with Crippen molar-refractivity contribution in [2.75, 3.05) is 6.61 Å². The highest BCUT2D eigenvalue weighted by Gasteiger charge is 2.48. The van der Waals surface area contributed by atoms with Crippen LogP contribution in [0.1, 0.15) is 30.7 Å². The van der Waals surface area contributed by atoms with E-state index in [2.05, 4.69) is 0 Å². The summed E-state index contributed by atoms with van der Waals surface area (Å²) in [6.45, 7) is 0.697. The quantitative estimate of drug-likeness (QED) is 0.766. The van der Waals surface area contributed by atoms with Crippen molar-refractivity contribution in [1.29, 1.82) is 0 Å². The maximum absolute atomic E-state index is 13.2. The lowest BCUT2D eigenvalue weighted by molar-refractivity contribution is 0.250. The number of benzene rings is 1. The molecule has 3 heteroatoms. The summed E-state index contributed by atoms with van der Waals surface area (Å²) in [5.41, 5.74) is 7.08. The predicted molar refractivity (Wildman–Crippen MR) is 55.4 cm³/mol. The van der Waals surface area contributed by atoms with Gasteiger partial charge in [-0.15, -0.1) is 0 Å². The third-order valence-electron chi connectivity index (χ3n) is 3.53. The lowest BCUT2D eigenvalue weighted by atomic mass is 9.85. The van der Waals surface area contributed by atoms with Crippen LogP contribution in [0.3, 0.4) is 0 Å². The highest BCUT2D eigenvalue weighted by molar-refractivity contribution is 5.41. The first-order valence-corrected chi connectivity index (χ1v) is 5.40. The van der Waals surface area contributed by atoms with Gasteiger partial charge in [-0.1, -0.05) is 0 Å². The van der Waals surface area contributed by atoms with Crippen molar-refractivity contribution in [3.05, 3.63) is 29.6 Å². The predicted octanol–water partition coefficient (Wildman–Crippen LogP) is 2.18. The normalized spacial score (nSPS) is 26.7. The molecule has 1 saturated carbocycles. The van der Waals surface area contributed by atoms with E-state index in [9.17, 15) is 4.39 Å². The van der Waals surface area contributed by atoms with Gasteiger partial charge in [0.2, 0.25) is 0 Å². The summed E-state index contributed by atoms with van der Waals surface area (Å²) in [6.07, 6.45) is 3.01. The lowest BCUT2D eigenvalue weighted by Gasteiger charge is -2.30. The SMILES string of the molecule is NC1(C2CCOc3ccc(F)cc32)CC1. The zero-order valence-corrected chi connectivity index (χ0v) is 8.50. The average Bonchev–Trinajstić information content (AvgIpc) is 2.96. The molecule has 1 aromatic carbocycles. The van der Waals surface area contributed by atoms with Gasteiger partial charge in [0.05, 0.1) is 6.61 Å². The second-order valence-corrected chi connectivity index (χ2v) is 4.61. The molecular formula is C12H14FNO. The Balaban J connectivity index is 2.05. The molecule has 0 aromatic heterocycles. The Morgan fingerprint density at radius 3 is 2.93 bits per heavy atom. The van der Waals surface area contributed by atoms with Crippen molar-refractivity contribution >= 4 is 0 Å². The Bertz CT molecular complexity index is 401. The highest BCUT2D eigenvalue weighted by Crippen LogP contribution is 2.50. The first-order valence-electron chi connectivity index (χ1n) is 5.40. The third-order valence-corrected chi connectivity index (χ3v) is 3.53. The van der Waals surface area contributed by atoms with Crippen LogP contribution >= 0.6 is 0 Å². The van der Waals surface area contributed by atoms with Crippen LogP contribution in [-0.4, -0.2) is 12.1 Å². The van der Waals surface area contributed by atoms with Crippen LogP contribution in [0.5, 0.6) is 5.75 Å². The third kappa shape index (κ3) is 1.42. The van der Waals surface area contributed by atoms with Gasteiger partial charge in [-0.05, 0) is 37.5 Å². The molecule has 0 spiro atoms. The monoisotopic (exact) mass is 207 g/mol. The van der Waals surface area contributed by atoms with E-state index < -0.39 is 0 Å². The second kappa shape index (κ2) is 2.95. The van der Waals surface area contributed by atoms with E-state index in [1.165, 1.54) is 6.07 Å². The molecular weight excluding hydrogens is 193 g/mol. The Morgan fingerprint density at radius 2 is 2.20 bits per heavy atom. The summed E-state index contributed by atoms with van der Waals surface area (Å²) in [6, 6.07) is 4.73. The standard InChI is InChI=1S/C12H14FNO/c13-8-1-2-11-9(7-8)10(3-6-15-11)12(14)4-5-12/h1-2,7,10H,3-6,14H2. The first kappa shape index (κ1) is 9.16. The van der Waals surface area contributed by atoms with Crippen LogP contribution in [0.15, 0.2) is 18.2 Å². The molecule has 2 N–H and O–H groups in total. The van der Waals surface area contributed by atoms with Gasteiger partial charge in [0.1, 0.15) is 11.6 Å². The van der Waals surface area contributed by atoms with Crippen molar-refractivity contribution < 1.29 is 9.13 Å². The summed E-state index contributed by atoms with van der Waals surface area (Å²) in [5.74, 6) is 0.884. The maximum Gasteiger partial charge on any atom is 0.123 e. The number of hydrogen-bond donors (Lipinski definition) is 1. The number of fused-ring (bicyclic) bond motifs is 1. The molecule has 3 rings (SSSR count). The number of rotatable bonds is 1. The fraction of sp³-hybridized carbons (Fsp3) is 0.500. The van der Waals surface area contributed by atoms with Crippen molar-refractivity contribution in [2.45, 2.75) is 30.7 Å². The minimum absolute atomic E-state index is 0.0909. The van der Waals surface area contributed by atoms with E-state index in [1.54, 1.807) is 12.1 Å². The summed E-state index contributed by atoms with van der Waals surface area (Å²) in [5, 5.41) is 0. The van der Waals surface area contributed by atoms with E-state index in [0.29, 0.717) is 6.61 Å². The minimum Gasteiger partial charge on any atom is -0.493 e. The van der Waals surface area contributed by atoms with Gasteiger partial charge >= 0.3 is 0 Å². The van der Waals surface area contributed by atoms with Crippen molar-refractivity contribution in [3.63, 3.8) is 0 Å². The molecule has 1 heterocycles. The van der Waals surface area contributed by atoms with Crippen LogP contribution in [0.2, 0.25) is 0 Å². The van der Waals surface area contributed by atoms with Crippen LogP contribution in [-0.2, 0) is 0 Å². The molecule has 0 amide bonds. The smallest absolute Gasteiger partial charge is 0.123 e. The molecule has 1 fully saturated rings. The molecule has 1 atom stereocenters. The molecule has 1 aliphatic heterocycles. The first-order chi connectivity index (χ1) is 7.19. The Hall–Kier alpha value is -1.09. The fourth-order valence-electron chi connectivity index (χ4n) is 2.46. The van der Waals surface area contributed by atoms with Crippen LogP contribution < -0.4 is 10.5 Å². The van der Waals surface area contributed by atoms with Crippen molar-refractivity contribution in [2.24, 2.45) is 5.73 Å². The maximum atomic E-state index is 13.2. The van der Waals surface area contributed by atoms with E-state index in [0.717, 1.165) is 30.6 Å². The van der Waals surface area contributed by atoms with E-state index >= 15 is 0 Å². The summed E-state index contributed by atoms with van der Waals surface area (Å²) >= 11 is 0. The lowest BCUT2D eigenvalue weighted by Crippen LogP contribution is -2.34. The fourth-order valence-corrected chi connectivity index (χ4v) is 2.46. The Morgan fingerprint density at radius 1 is 1.40 bits per heavy atom. The zero-order chi connectivity index (χ0) is 10.5. The van der Waals surface area contributed by atoms with Gasteiger partial charge in [0, 0.05) is 17.0 Å². The van der Waals surface area contributed by atoms with Gasteiger partial charge in [-0.25, -0.2) is 4.39 Å². The molecule has 15 heavy (non-hydrogen) atoms. The number of nitrogens with two attached hydrogens (primary N) is 1. The highest BCUT2D eigenvalue weighted by atomic mass is 19.1. The van der Waals surface area contributed by atoms with Gasteiger partial charge in [0.25, 0.3) is 0 Å². The molecule has 2 nitrogen and oxygen atoms in total. The molecule has 80 valence electrons.